The van der Waals surface area contributed by atoms with E-state index in [1.165, 1.54) is 0 Å². The van der Waals surface area contributed by atoms with Gasteiger partial charge in [0, 0.05) is 19.0 Å². The van der Waals surface area contributed by atoms with Gasteiger partial charge < -0.3 is 16.2 Å². The Kier molecular flexibility index (Phi) is 11.1. The van der Waals surface area contributed by atoms with Crippen LogP contribution in [0, 0.1) is 11.8 Å². The van der Waals surface area contributed by atoms with Gasteiger partial charge in [0.25, 0.3) is 0 Å². The number of aliphatic hydroxyl groups is 1. The maximum absolute atomic E-state index is 11.4. The Labute approximate surface area is 104 Å². The molecule has 0 bridgehead atoms. The summed E-state index contributed by atoms with van der Waals surface area (Å²) < 4.78 is 0. The summed E-state index contributed by atoms with van der Waals surface area (Å²) in [6.07, 6.45) is 1.41. The van der Waals surface area contributed by atoms with Crippen LogP contribution < -0.4 is 11.1 Å². The Morgan fingerprint density at radius 3 is 2.25 bits per heavy atom. The molecule has 0 aliphatic rings. The number of hydrogen-bond donors (Lipinski definition) is 3. The van der Waals surface area contributed by atoms with E-state index in [1.807, 2.05) is 13.8 Å². The number of hydrogen-bond acceptors (Lipinski definition) is 3. The molecule has 0 rings (SSSR count). The molecule has 0 aliphatic carbocycles. The molecule has 98 valence electrons. The molecule has 16 heavy (non-hydrogen) atoms. The maximum Gasteiger partial charge on any atom is 0.224 e. The van der Waals surface area contributed by atoms with Gasteiger partial charge in [0.2, 0.25) is 5.91 Å². The van der Waals surface area contributed by atoms with Gasteiger partial charge in [-0.3, -0.25) is 4.79 Å². The molecule has 0 aromatic heterocycles. The molecule has 4 N–H and O–H groups in total. The quantitative estimate of drug-likeness (QED) is 0.631. The Balaban J connectivity index is 0. The van der Waals surface area contributed by atoms with E-state index in [0.717, 1.165) is 12.8 Å². The monoisotopic (exact) mass is 252 g/mol. The lowest BCUT2D eigenvalue weighted by Crippen LogP contribution is -2.40. The average molecular weight is 253 g/mol. The minimum Gasteiger partial charge on any atom is -0.391 e. The zero-order chi connectivity index (χ0) is 11.8. The molecule has 0 radical (unpaired) electrons. The second-order valence-corrected chi connectivity index (χ2v) is 4.03. The van der Waals surface area contributed by atoms with Gasteiger partial charge in [-0.15, -0.1) is 12.4 Å². The van der Waals surface area contributed by atoms with E-state index < -0.39 is 6.10 Å². The summed E-state index contributed by atoms with van der Waals surface area (Å²) >= 11 is 0. The van der Waals surface area contributed by atoms with Crippen LogP contribution in [0.15, 0.2) is 0 Å². The van der Waals surface area contributed by atoms with Gasteiger partial charge in [-0.2, -0.15) is 0 Å². The van der Waals surface area contributed by atoms with Gasteiger partial charge in [-0.05, 0) is 5.92 Å². The molecule has 5 heteroatoms. The lowest BCUT2D eigenvalue weighted by molar-refractivity contribution is -0.124. The van der Waals surface area contributed by atoms with E-state index in [1.54, 1.807) is 6.92 Å². The Morgan fingerprint density at radius 2 is 1.88 bits per heavy atom. The van der Waals surface area contributed by atoms with Crippen LogP contribution in [-0.2, 0) is 4.79 Å². The highest BCUT2D eigenvalue weighted by atomic mass is 35.5. The van der Waals surface area contributed by atoms with Crippen LogP contribution in [0.5, 0.6) is 0 Å². The summed E-state index contributed by atoms with van der Waals surface area (Å²) in [5.74, 6) is -0.000100. The fourth-order valence-corrected chi connectivity index (χ4v) is 1.49. The van der Waals surface area contributed by atoms with E-state index in [-0.39, 0.29) is 30.2 Å². The lowest BCUT2D eigenvalue weighted by Gasteiger charge is -2.21. The zero-order valence-corrected chi connectivity index (χ0v) is 11.2. The number of carbonyl (C=O) groups is 1. The summed E-state index contributed by atoms with van der Waals surface area (Å²) in [4.78, 5) is 11.4. The van der Waals surface area contributed by atoms with Gasteiger partial charge in [-0.25, -0.2) is 0 Å². The summed E-state index contributed by atoms with van der Waals surface area (Å²) in [6.45, 7) is 6.53. The lowest BCUT2D eigenvalue weighted by atomic mass is 9.96. The van der Waals surface area contributed by atoms with Crippen LogP contribution in [0.25, 0.3) is 0 Å². The summed E-state index contributed by atoms with van der Waals surface area (Å²) in [5, 5.41) is 12.5. The maximum atomic E-state index is 11.4. The second kappa shape index (κ2) is 9.87. The number of amides is 1. The van der Waals surface area contributed by atoms with Crippen molar-refractivity contribution in [2.75, 3.05) is 13.1 Å². The highest BCUT2D eigenvalue weighted by Gasteiger charge is 2.17. The van der Waals surface area contributed by atoms with Crippen molar-refractivity contribution >= 4 is 18.3 Å². The summed E-state index contributed by atoms with van der Waals surface area (Å²) in [7, 11) is 0. The number of nitrogens with one attached hydrogen (secondary N) is 1. The molecule has 0 saturated carbocycles. The number of aliphatic hydroxyl groups excluding tert-OH is 1. The molecule has 0 aromatic rings. The first-order chi connectivity index (χ1) is 7.06. The van der Waals surface area contributed by atoms with E-state index in [0.29, 0.717) is 13.1 Å². The number of halogens is 1. The van der Waals surface area contributed by atoms with Crippen LogP contribution in [-0.4, -0.2) is 30.2 Å². The minimum atomic E-state index is -0.450. The van der Waals surface area contributed by atoms with Crippen molar-refractivity contribution in [3.8, 4) is 0 Å². The van der Waals surface area contributed by atoms with Crippen LogP contribution >= 0.6 is 12.4 Å². The van der Waals surface area contributed by atoms with Gasteiger partial charge >= 0.3 is 0 Å². The molecule has 2 unspecified atom stereocenters. The third-order valence-electron chi connectivity index (χ3n) is 2.88. The predicted molar refractivity (Wildman–Crippen MR) is 68.6 cm³/mol. The molecule has 0 aliphatic heterocycles. The van der Waals surface area contributed by atoms with Crippen LogP contribution in [0.3, 0.4) is 0 Å². The molecule has 4 nitrogen and oxygen atoms in total. The van der Waals surface area contributed by atoms with Crippen LogP contribution in [0.1, 0.15) is 33.6 Å². The number of nitrogens with two attached hydrogens (primary N) is 1. The fourth-order valence-electron chi connectivity index (χ4n) is 1.49. The van der Waals surface area contributed by atoms with Crippen molar-refractivity contribution in [2.24, 2.45) is 17.6 Å². The third kappa shape index (κ3) is 6.30. The first-order valence-electron chi connectivity index (χ1n) is 5.72. The Morgan fingerprint density at radius 1 is 1.38 bits per heavy atom. The van der Waals surface area contributed by atoms with Crippen molar-refractivity contribution in [3.05, 3.63) is 0 Å². The van der Waals surface area contributed by atoms with Crippen molar-refractivity contribution in [1.29, 1.82) is 0 Å². The highest BCUT2D eigenvalue weighted by molar-refractivity contribution is 5.85. The average Bonchev–Trinajstić information content (AvgIpc) is 2.26. The van der Waals surface area contributed by atoms with Gasteiger partial charge in [0.15, 0.2) is 0 Å². The molecule has 0 aromatic carbocycles. The molecule has 0 fully saturated rings. The van der Waals surface area contributed by atoms with E-state index in [9.17, 15) is 9.90 Å². The molecular formula is C11H25ClN2O2. The molecular weight excluding hydrogens is 228 g/mol. The summed E-state index contributed by atoms with van der Waals surface area (Å²) in [6, 6.07) is 0. The van der Waals surface area contributed by atoms with Gasteiger partial charge in [0.1, 0.15) is 0 Å². The number of rotatable bonds is 7. The van der Waals surface area contributed by atoms with Crippen molar-refractivity contribution < 1.29 is 9.90 Å². The molecule has 2 atom stereocenters. The highest BCUT2D eigenvalue weighted by Crippen LogP contribution is 2.12. The molecule has 0 heterocycles. The Bertz CT molecular complexity index is 187. The molecule has 1 amide bonds. The fraction of sp³-hybridized carbons (Fsp3) is 0.909. The standard InChI is InChI=1S/C11H24N2O2.ClH/c1-4-9(5-2)10(14)7-13-11(15)8(3)6-12;/h8-10,14H,4-7,12H2,1-3H3,(H,13,15);1H. The smallest absolute Gasteiger partial charge is 0.224 e. The topological polar surface area (TPSA) is 75.3 Å². The number of carbonyl (C=O) groups excluding carboxylic acids is 1. The SMILES string of the molecule is CCC(CC)C(O)CNC(=O)C(C)CN.Cl. The van der Waals surface area contributed by atoms with E-state index >= 15 is 0 Å². The van der Waals surface area contributed by atoms with Gasteiger partial charge in [0.05, 0.1) is 6.10 Å². The van der Waals surface area contributed by atoms with Crippen LogP contribution in [0.4, 0.5) is 0 Å². The van der Waals surface area contributed by atoms with E-state index in [2.05, 4.69) is 5.32 Å². The zero-order valence-electron chi connectivity index (χ0n) is 10.4. The molecule has 0 saturated heterocycles. The normalized spacial score (nSPS) is 14.1. The predicted octanol–water partition coefficient (Wildman–Crippen LogP) is 0.916. The van der Waals surface area contributed by atoms with Crippen molar-refractivity contribution in [2.45, 2.75) is 39.7 Å². The minimum absolute atomic E-state index is 0. The summed E-state index contributed by atoms with van der Waals surface area (Å²) in [5.41, 5.74) is 5.37. The largest absolute Gasteiger partial charge is 0.391 e. The molecule has 0 spiro atoms. The van der Waals surface area contributed by atoms with Gasteiger partial charge in [-0.1, -0.05) is 33.6 Å². The van der Waals surface area contributed by atoms with E-state index in [4.69, 9.17) is 5.73 Å². The van der Waals surface area contributed by atoms with Crippen LogP contribution in [0.2, 0.25) is 0 Å². The van der Waals surface area contributed by atoms with Crippen molar-refractivity contribution in [1.82, 2.24) is 5.32 Å². The first-order valence-corrected chi connectivity index (χ1v) is 5.72. The first kappa shape index (κ1) is 18.1. The van der Waals surface area contributed by atoms with Crippen molar-refractivity contribution in [3.63, 3.8) is 0 Å². The Hall–Kier alpha value is -0.320. The second-order valence-electron chi connectivity index (χ2n) is 4.03. The third-order valence-corrected chi connectivity index (χ3v) is 2.88.